The van der Waals surface area contributed by atoms with Crippen LogP contribution in [0.1, 0.15) is 54.4 Å². The lowest BCUT2D eigenvalue weighted by atomic mass is 9.91. The molecule has 1 rings (SSSR count). The first-order valence-corrected chi connectivity index (χ1v) is 14.8. The van der Waals surface area contributed by atoms with Crippen molar-refractivity contribution in [3.8, 4) is 0 Å². The molecule has 1 fully saturated rings. The molecule has 0 amide bonds. The second kappa shape index (κ2) is 6.95. The molecule has 0 radical (unpaired) electrons. The quantitative estimate of drug-likeness (QED) is 0.737. The Labute approximate surface area is 150 Å². The first kappa shape index (κ1) is 22.0. The number of rotatable bonds is 4. The van der Waals surface area contributed by atoms with E-state index in [1.54, 1.807) is 0 Å². The molecule has 0 aromatic rings. The van der Waals surface area contributed by atoms with E-state index in [-0.39, 0.29) is 15.9 Å². The maximum Gasteiger partial charge on any atom is 0.192 e. The topological polar surface area (TPSA) is 55.8 Å². The van der Waals surface area contributed by atoms with Gasteiger partial charge in [-0.3, -0.25) is 4.79 Å². The monoisotopic (exact) mass is 374 g/mol. The molecule has 0 heterocycles. The summed E-state index contributed by atoms with van der Waals surface area (Å²) in [5.74, 6) is 0.132. The zero-order valence-corrected chi connectivity index (χ0v) is 19.3. The average Bonchev–Trinajstić information content (AvgIpc) is 2.31. The second-order valence-corrected chi connectivity index (χ2v) is 19.8. The van der Waals surface area contributed by atoms with E-state index in [1.165, 1.54) is 0 Å². The zero-order valence-electron chi connectivity index (χ0n) is 17.3. The number of aliphatic hydroxyl groups is 1. The molecule has 1 aliphatic rings. The van der Waals surface area contributed by atoms with Crippen molar-refractivity contribution in [3.05, 3.63) is 0 Å². The normalized spacial score (nSPS) is 25.2. The van der Waals surface area contributed by atoms with Crippen molar-refractivity contribution in [3.63, 3.8) is 0 Å². The first-order chi connectivity index (χ1) is 10.5. The third kappa shape index (κ3) is 5.00. The summed E-state index contributed by atoms with van der Waals surface area (Å²) in [6, 6.07) is 0. The van der Waals surface area contributed by atoms with Crippen LogP contribution in [-0.2, 0) is 13.6 Å². The van der Waals surface area contributed by atoms with E-state index in [0.29, 0.717) is 12.8 Å². The Morgan fingerprint density at radius 3 is 1.38 bits per heavy atom. The lowest BCUT2D eigenvalue weighted by Crippen LogP contribution is -2.56. The van der Waals surface area contributed by atoms with Crippen molar-refractivity contribution in [2.45, 2.75) is 109 Å². The van der Waals surface area contributed by atoms with Crippen molar-refractivity contribution in [1.82, 2.24) is 0 Å². The maximum atomic E-state index is 12.3. The minimum absolute atomic E-state index is 0.0446. The smallest absolute Gasteiger partial charge is 0.192 e. The molecule has 0 aliphatic heterocycles. The van der Waals surface area contributed by atoms with Crippen molar-refractivity contribution in [2.24, 2.45) is 0 Å². The minimum Gasteiger partial charge on any atom is -0.411 e. The third-order valence-corrected chi connectivity index (χ3v) is 15.1. The standard InChI is InChI=1S/C18H38O4Si2/c1-17(2,3)23(7,8)21-14-11-13(19)12-15(16(14)20)22-24(9,10)18(4,5)6/h14-16,20H,11-12H2,1-10H3/t14-,15-/m1/s1. The van der Waals surface area contributed by atoms with Gasteiger partial charge < -0.3 is 14.0 Å². The van der Waals surface area contributed by atoms with Crippen LogP contribution >= 0.6 is 0 Å². The fourth-order valence-corrected chi connectivity index (χ4v) is 5.01. The molecule has 0 unspecified atom stereocenters. The second-order valence-electron chi connectivity index (χ2n) is 10.3. The zero-order chi connectivity index (χ0) is 19.1. The van der Waals surface area contributed by atoms with E-state index in [1.807, 2.05) is 0 Å². The van der Waals surface area contributed by atoms with E-state index in [2.05, 4.69) is 67.7 Å². The molecular formula is C18H38O4Si2. The molecule has 6 heteroatoms. The molecule has 0 aromatic carbocycles. The van der Waals surface area contributed by atoms with E-state index in [4.69, 9.17) is 8.85 Å². The van der Waals surface area contributed by atoms with E-state index < -0.39 is 34.9 Å². The molecule has 142 valence electrons. The fraction of sp³-hybridized carbons (Fsp3) is 0.944. The van der Waals surface area contributed by atoms with Crippen LogP contribution < -0.4 is 0 Å². The summed E-state index contributed by atoms with van der Waals surface area (Å²) in [6.45, 7) is 21.6. The summed E-state index contributed by atoms with van der Waals surface area (Å²) in [7, 11) is -4.09. The van der Waals surface area contributed by atoms with E-state index in [0.717, 1.165) is 0 Å². The molecular weight excluding hydrogens is 336 g/mol. The van der Waals surface area contributed by atoms with Crippen molar-refractivity contribution >= 4 is 22.4 Å². The minimum atomic E-state index is -2.05. The SMILES string of the molecule is CC(C)(C)[Si](C)(C)O[C@@H]1CC(=O)C[C@@H](O[Si](C)(C)C(C)(C)C)C1O. The van der Waals surface area contributed by atoms with Crippen LogP contribution in [-0.4, -0.2) is 45.8 Å². The lowest BCUT2D eigenvalue weighted by molar-refractivity contribution is -0.136. The maximum absolute atomic E-state index is 12.3. The Balaban J connectivity index is 2.94. The highest BCUT2D eigenvalue weighted by Crippen LogP contribution is 2.41. The van der Waals surface area contributed by atoms with Gasteiger partial charge in [-0.05, 0) is 36.3 Å². The highest BCUT2D eigenvalue weighted by Gasteiger charge is 2.47. The summed E-state index contributed by atoms with van der Waals surface area (Å²) < 4.78 is 12.7. The van der Waals surface area contributed by atoms with Crippen LogP contribution in [0.2, 0.25) is 36.3 Å². The Kier molecular flexibility index (Phi) is 6.38. The van der Waals surface area contributed by atoms with Gasteiger partial charge in [-0.25, -0.2) is 0 Å². The molecule has 1 aliphatic carbocycles. The molecule has 1 N–H and O–H groups in total. The van der Waals surface area contributed by atoms with Crippen LogP contribution in [0.4, 0.5) is 0 Å². The first-order valence-electron chi connectivity index (χ1n) is 9.03. The van der Waals surface area contributed by atoms with E-state index >= 15 is 0 Å². The summed E-state index contributed by atoms with van der Waals surface area (Å²) in [5, 5.41) is 10.9. The number of carbonyl (C=O) groups excluding carboxylic acids is 1. The summed E-state index contributed by atoms with van der Waals surface area (Å²) in [5.41, 5.74) is 0. The highest BCUT2D eigenvalue weighted by atomic mass is 28.4. The highest BCUT2D eigenvalue weighted by molar-refractivity contribution is 6.74. The van der Waals surface area contributed by atoms with Gasteiger partial charge in [-0.1, -0.05) is 41.5 Å². The van der Waals surface area contributed by atoms with Gasteiger partial charge in [0.15, 0.2) is 16.6 Å². The Morgan fingerprint density at radius 1 is 0.833 bits per heavy atom. The number of carbonyl (C=O) groups is 1. The molecule has 2 atom stereocenters. The number of Topliss-reactive ketones (excluding diaryl/α,β-unsaturated/α-hetero) is 1. The molecule has 24 heavy (non-hydrogen) atoms. The Morgan fingerprint density at radius 2 is 1.12 bits per heavy atom. The third-order valence-electron chi connectivity index (χ3n) is 6.12. The van der Waals surface area contributed by atoms with Crippen LogP contribution in [0.15, 0.2) is 0 Å². The van der Waals surface area contributed by atoms with Crippen LogP contribution in [0.25, 0.3) is 0 Å². The van der Waals surface area contributed by atoms with Gasteiger partial charge >= 0.3 is 0 Å². The van der Waals surface area contributed by atoms with Crippen LogP contribution in [0.5, 0.6) is 0 Å². The Hall–Kier alpha value is -0.0162. The average molecular weight is 375 g/mol. The molecule has 0 aromatic heterocycles. The molecule has 1 saturated carbocycles. The Bertz CT molecular complexity index is 421. The number of hydrogen-bond donors (Lipinski definition) is 1. The van der Waals surface area contributed by atoms with Crippen LogP contribution in [0.3, 0.4) is 0 Å². The van der Waals surface area contributed by atoms with Gasteiger partial charge in [0.05, 0.1) is 12.2 Å². The van der Waals surface area contributed by atoms with Crippen LogP contribution in [0, 0.1) is 0 Å². The van der Waals surface area contributed by atoms with Crippen molar-refractivity contribution in [2.75, 3.05) is 0 Å². The molecule has 0 bridgehead atoms. The van der Waals surface area contributed by atoms with Gasteiger partial charge in [0.25, 0.3) is 0 Å². The summed E-state index contributed by atoms with van der Waals surface area (Å²) >= 11 is 0. The van der Waals surface area contributed by atoms with Gasteiger partial charge in [0, 0.05) is 12.8 Å². The molecule has 4 nitrogen and oxygen atoms in total. The number of aliphatic hydroxyl groups excluding tert-OH is 1. The fourth-order valence-electron chi connectivity index (χ4n) is 2.35. The predicted octanol–water partition coefficient (Wildman–Crippen LogP) is 4.49. The largest absolute Gasteiger partial charge is 0.411 e. The van der Waals surface area contributed by atoms with Gasteiger partial charge in [-0.15, -0.1) is 0 Å². The van der Waals surface area contributed by atoms with E-state index in [9.17, 15) is 9.90 Å². The lowest BCUT2D eigenvalue weighted by Gasteiger charge is -2.46. The number of hydrogen-bond acceptors (Lipinski definition) is 4. The molecule has 0 spiro atoms. The van der Waals surface area contributed by atoms with Crippen molar-refractivity contribution < 1.29 is 18.8 Å². The number of ketones is 1. The van der Waals surface area contributed by atoms with Gasteiger partial charge in [0.1, 0.15) is 11.9 Å². The predicted molar refractivity (Wildman–Crippen MR) is 104 cm³/mol. The van der Waals surface area contributed by atoms with Gasteiger partial charge in [0.2, 0.25) is 0 Å². The summed E-state index contributed by atoms with van der Waals surface area (Å²) in [4.78, 5) is 12.3. The molecule has 0 saturated heterocycles. The van der Waals surface area contributed by atoms with Crippen molar-refractivity contribution in [1.29, 1.82) is 0 Å². The van der Waals surface area contributed by atoms with Gasteiger partial charge in [-0.2, -0.15) is 0 Å². The summed E-state index contributed by atoms with van der Waals surface area (Å²) in [6.07, 6.45) is -1.02.